The zero-order valence-corrected chi connectivity index (χ0v) is 12.0. The minimum Gasteiger partial charge on any atom is -0.316 e. The molecule has 1 aromatic rings. The van der Waals surface area contributed by atoms with Crippen LogP contribution in [-0.4, -0.2) is 27.5 Å². The van der Waals surface area contributed by atoms with E-state index in [-0.39, 0.29) is 6.04 Å². The molecule has 0 aromatic heterocycles. The fraction of sp³-hybridized carbons (Fsp3) is 0.455. The normalized spacial score (nSPS) is 31.2. The third kappa shape index (κ3) is 2.23. The van der Waals surface area contributed by atoms with Crippen LogP contribution in [0.3, 0.4) is 0 Å². The molecular formula is C11H13IN2O2S. The van der Waals surface area contributed by atoms with Crippen molar-refractivity contribution in [3.05, 3.63) is 27.8 Å². The average molecular weight is 364 g/mol. The molecule has 4 nitrogen and oxygen atoms in total. The van der Waals surface area contributed by atoms with Crippen molar-refractivity contribution in [2.24, 2.45) is 11.8 Å². The second-order valence-corrected chi connectivity index (χ2v) is 7.55. The molecule has 3 rings (SSSR count). The van der Waals surface area contributed by atoms with E-state index in [1.165, 1.54) is 0 Å². The molecule has 0 radical (unpaired) electrons. The molecule has 1 heterocycles. The lowest BCUT2D eigenvalue weighted by atomic mass is 10.4. The minimum atomic E-state index is -3.34. The monoisotopic (exact) mass is 364 g/mol. The molecule has 6 heteroatoms. The summed E-state index contributed by atoms with van der Waals surface area (Å²) in [7, 11) is -3.34. The van der Waals surface area contributed by atoms with E-state index in [1.54, 1.807) is 12.1 Å². The Morgan fingerprint density at radius 2 is 1.76 bits per heavy atom. The SMILES string of the molecule is O=S(=O)(NC1C2CNCC21)c1ccc(I)cc1. The van der Waals surface area contributed by atoms with Crippen LogP contribution in [0.1, 0.15) is 0 Å². The fourth-order valence-electron chi connectivity index (χ4n) is 2.45. The van der Waals surface area contributed by atoms with Gasteiger partial charge in [0.1, 0.15) is 0 Å². The summed E-state index contributed by atoms with van der Waals surface area (Å²) >= 11 is 2.16. The van der Waals surface area contributed by atoms with Gasteiger partial charge in [-0.3, -0.25) is 0 Å². The molecule has 2 N–H and O–H groups in total. The van der Waals surface area contributed by atoms with Gasteiger partial charge in [-0.05, 0) is 71.8 Å². The Labute approximate surface area is 114 Å². The van der Waals surface area contributed by atoms with Crippen molar-refractivity contribution in [3.8, 4) is 0 Å². The van der Waals surface area contributed by atoms with E-state index in [1.807, 2.05) is 12.1 Å². The number of rotatable bonds is 3. The van der Waals surface area contributed by atoms with Gasteiger partial charge in [0.25, 0.3) is 0 Å². The summed E-state index contributed by atoms with van der Waals surface area (Å²) in [5.74, 6) is 0.988. The Balaban J connectivity index is 1.75. The second kappa shape index (κ2) is 4.18. The number of piperidine rings is 1. The first kappa shape index (κ1) is 11.9. The molecule has 17 heavy (non-hydrogen) atoms. The van der Waals surface area contributed by atoms with Crippen LogP contribution < -0.4 is 10.0 Å². The third-order valence-corrected chi connectivity index (χ3v) is 5.70. The van der Waals surface area contributed by atoms with Crippen LogP contribution in [0.5, 0.6) is 0 Å². The number of hydrogen-bond donors (Lipinski definition) is 2. The third-order valence-electron chi connectivity index (χ3n) is 3.51. The molecule has 0 spiro atoms. The summed E-state index contributed by atoms with van der Waals surface area (Å²) in [6.07, 6.45) is 0. The van der Waals surface area contributed by atoms with Gasteiger partial charge in [-0.25, -0.2) is 13.1 Å². The Kier molecular flexibility index (Phi) is 2.92. The van der Waals surface area contributed by atoms with E-state index in [2.05, 4.69) is 32.6 Å². The largest absolute Gasteiger partial charge is 0.316 e. The zero-order valence-electron chi connectivity index (χ0n) is 9.06. The van der Waals surface area contributed by atoms with Gasteiger partial charge in [-0.1, -0.05) is 0 Å². The number of sulfonamides is 1. The van der Waals surface area contributed by atoms with E-state index in [0.29, 0.717) is 16.7 Å². The van der Waals surface area contributed by atoms with E-state index in [4.69, 9.17) is 0 Å². The number of halogens is 1. The summed E-state index contributed by atoms with van der Waals surface area (Å²) in [5, 5.41) is 3.25. The first-order chi connectivity index (χ1) is 8.08. The van der Waals surface area contributed by atoms with Gasteiger partial charge in [0.05, 0.1) is 4.90 Å². The van der Waals surface area contributed by atoms with Crippen LogP contribution in [0.4, 0.5) is 0 Å². The fourth-order valence-corrected chi connectivity index (χ4v) is 4.15. The van der Waals surface area contributed by atoms with Crippen molar-refractivity contribution in [1.29, 1.82) is 0 Å². The van der Waals surface area contributed by atoms with Crippen molar-refractivity contribution >= 4 is 32.6 Å². The van der Waals surface area contributed by atoms with Crippen LogP contribution in [0.15, 0.2) is 29.2 Å². The summed E-state index contributed by atoms with van der Waals surface area (Å²) in [6.45, 7) is 1.87. The van der Waals surface area contributed by atoms with Crippen LogP contribution in [0.2, 0.25) is 0 Å². The standard InChI is InChI=1S/C11H13IN2O2S/c12-7-1-3-8(4-2-7)17(15,16)14-11-9-5-13-6-10(9)11/h1-4,9-11,13-14H,5-6H2. The molecule has 2 unspecified atom stereocenters. The first-order valence-corrected chi connectivity index (χ1v) is 8.13. The lowest BCUT2D eigenvalue weighted by Gasteiger charge is -2.08. The smallest absolute Gasteiger partial charge is 0.240 e. The Hall–Kier alpha value is -0.180. The zero-order chi connectivity index (χ0) is 12.0. The highest BCUT2D eigenvalue weighted by atomic mass is 127. The van der Waals surface area contributed by atoms with Gasteiger partial charge in [0.15, 0.2) is 0 Å². The van der Waals surface area contributed by atoms with Gasteiger partial charge >= 0.3 is 0 Å². The van der Waals surface area contributed by atoms with E-state index in [9.17, 15) is 8.42 Å². The van der Waals surface area contributed by atoms with Gasteiger partial charge < -0.3 is 5.32 Å². The molecule has 1 aliphatic heterocycles. The predicted molar refractivity (Wildman–Crippen MR) is 73.1 cm³/mol. The van der Waals surface area contributed by atoms with E-state index in [0.717, 1.165) is 16.7 Å². The van der Waals surface area contributed by atoms with Crippen LogP contribution in [0.25, 0.3) is 0 Å². The second-order valence-electron chi connectivity index (χ2n) is 4.59. The molecule has 2 fully saturated rings. The topological polar surface area (TPSA) is 58.2 Å². The Morgan fingerprint density at radius 1 is 1.18 bits per heavy atom. The maximum atomic E-state index is 12.1. The molecule has 1 saturated heterocycles. The maximum absolute atomic E-state index is 12.1. The van der Waals surface area contributed by atoms with Gasteiger partial charge in [0.2, 0.25) is 10.0 Å². The number of fused-ring (bicyclic) bond motifs is 1. The van der Waals surface area contributed by atoms with Crippen LogP contribution >= 0.6 is 22.6 Å². The van der Waals surface area contributed by atoms with Gasteiger partial charge in [-0.15, -0.1) is 0 Å². The molecule has 92 valence electrons. The molecule has 0 amide bonds. The average Bonchev–Trinajstić information content (AvgIpc) is 2.75. The minimum absolute atomic E-state index is 0.139. The number of nitrogens with one attached hydrogen (secondary N) is 2. The van der Waals surface area contributed by atoms with Crippen molar-refractivity contribution in [2.75, 3.05) is 13.1 Å². The molecule has 1 aromatic carbocycles. The quantitative estimate of drug-likeness (QED) is 0.780. The van der Waals surface area contributed by atoms with Crippen molar-refractivity contribution in [2.45, 2.75) is 10.9 Å². The molecule has 2 atom stereocenters. The Bertz CT molecular complexity index is 519. The van der Waals surface area contributed by atoms with Crippen LogP contribution in [-0.2, 0) is 10.0 Å². The molecule has 1 saturated carbocycles. The van der Waals surface area contributed by atoms with E-state index < -0.39 is 10.0 Å². The number of hydrogen-bond acceptors (Lipinski definition) is 3. The Morgan fingerprint density at radius 3 is 2.35 bits per heavy atom. The lowest BCUT2D eigenvalue weighted by molar-refractivity contribution is 0.565. The predicted octanol–water partition coefficient (Wildman–Crippen LogP) is 0.787. The summed E-state index contributed by atoms with van der Waals surface area (Å²) in [6, 6.07) is 7.07. The summed E-state index contributed by atoms with van der Waals surface area (Å²) in [5.41, 5.74) is 0. The molecule has 1 aliphatic carbocycles. The van der Waals surface area contributed by atoms with Gasteiger partial charge in [0, 0.05) is 9.61 Å². The molecular weight excluding hydrogens is 351 g/mol. The molecule has 2 aliphatic rings. The summed E-state index contributed by atoms with van der Waals surface area (Å²) < 4.78 is 28.0. The van der Waals surface area contributed by atoms with Crippen molar-refractivity contribution < 1.29 is 8.42 Å². The highest BCUT2D eigenvalue weighted by Gasteiger charge is 2.54. The lowest BCUT2D eigenvalue weighted by Crippen LogP contribution is -2.32. The highest BCUT2D eigenvalue weighted by Crippen LogP contribution is 2.42. The van der Waals surface area contributed by atoms with Crippen molar-refractivity contribution in [3.63, 3.8) is 0 Å². The van der Waals surface area contributed by atoms with Gasteiger partial charge in [-0.2, -0.15) is 0 Å². The molecule has 0 bridgehead atoms. The first-order valence-electron chi connectivity index (χ1n) is 5.56. The number of benzene rings is 1. The summed E-state index contributed by atoms with van der Waals surface area (Å²) in [4.78, 5) is 0.357. The van der Waals surface area contributed by atoms with Crippen LogP contribution in [0, 0.1) is 15.4 Å². The van der Waals surface area contributed by atoms with E-state index >= 15 is 0 Å². The maximum Gasteiger partial charge on any atom is 0.240 e. The highest BCUT2D eigenvalue weighted by molar-refractivity contribution is 14.1. The van der Waals surface area contributed by atoms with Crippen molar-refractivity contribution in [1.82, 2.24) is 10.0 Å².